The van der Waals surface area contributed by atoms with Gasteiger partial charge in [0, 0.05) is 6.54 Å². The average molecular weight is 255 g/mol. The summed E-state index contributed by atoms with van der Waals surface area (Å²) in [6, 6.07) is 0. The van der Waals surface area contributed by atoms with Gasteiger partial charge < -0.3 is 9.84 Å². The second-order valence-corrected chi connectivity index (χ2v) is 4.56. The van der Waals surface area contributed by atoms with Crippen molar-refractivity contribution in [3.8, 4) is 0 Å². The normalized spacial score (nSPS) is 12.8. The highest BCUT2D eigenvalue weighted by molar-refractivity contribution is 5.88. The van der Waals surface area contributed by atoms with Gasteiger partial charge in [0.25, 0.3) is 0 Å². The number of aryl methyl sites for hydroxylation is 1. The highest BCUT2D eigenvalue weighted by Gasteiger charge is 2.22. The van der Waals surface area contributed by atoms with E-state index in [0.29, 0.717) is 19.6 Å². The minimum absolute atomic E-state index is 0.119. The molecule has 1 unspecified atom stereocenters. The van der Waals surface area contributed by atoms with Gasteiger partial charge in [-0.25, -0.2) is 9.48 Å². The molecule has 6 heteroatoms. The van der Waals surface area contributed by atoms with E-state index in [1.807, 2.05) is 13.8 Å². The molecule has 1 N–H and O–H groups in total. The van der Waals surface area contributed by atoms with Crippen LogP contribution in [-0.4, -0.2) is 38.8 Å². The average Bonchev–Trinajstić information content (AvgIpc) is 2.70. The fraction of sp³-hybridized carbons (Fsp3) is 0.750. The summed E-state index contributed by atoms with van der Waals surface area (Å²) in [6.07, 6.45) is 0.172. The number of aliphatic hydroxyl groups is 1. The van der Waals surface area contributed by atoms with Crippen LogP contribution in [0.25, 0.3) is 0 Å². The maximum Gasteiger partial charge on any atom is 0.360 e. The second kappa shape index (κ2) is 6.49. The van der Waals surface area contributed by atoms with Crippen molar-refractivity contribution >= 4 is 5.97 Å². The van der Waals surface area contributed by atoms with E-state index in [1.54, 1.807) is 18.5 Å². The van der Waals surface area contributed by atoms with E-state index in [9.17, 15) is 9.90 Å². The number of aliphatic hydroxyl groups excluding tert-OH is 1. The van der Waals surface area contributed by atoms with Crippen LogP contribution in [0, 0.1) is 0 Å². The maximum atomic E-state index is 11.7. The number of rotatable bonds is 6. The molecule has 0 aliphatic heterocycles. The van der Waals surface area contributed by atoms with Gasteiger partial charge in [-0.3, -0.25) is 0 Å². The summed E-state index contributed by atoms with van der Waals surface area (Å²) >= 11 is 0. The van der Waals surface area contributed by atoms with Gasteiger partial charge in [-0.2, -0.15) is 0 Å². The van der Waals surface area contributed by atoms with E-state index in [4.69, 9.17) is 4.74 Å². The molecule has 1 aromatic rings. The fourth-order valence-electron chi connectivity index (χ4n) is 1.71. The van der Waals surface area contributed by atoms with Crippen LogP contribution in [0.15, 0.2) is 0 Å². The van der Waals surface area contributed by atoms with Gasteiger partial charge in [-0.05, 0) is 26.2 Å². The van der Waals surface area contributed by atoms with Gasteiger partial charge in [0.2, 0.25) is 0 Å². The minimum Gasteiger partial charge on any atom is -0.461 e. The lowest BCUT2D eigenvalue weighted by Crippen LogP contribution is -2.14. The molecular weight excluding hydrogens is 234 g/mol. The molecule has 1 rings (SSSR count). The Balaban J connectivity index is 2.95. The largest absolute Gasteiger partial charge is 0.461 e. The van der Waals surface area contributed by atoms with Crippen LogP contribution in [0.2, 0.25) is 0 Å². The SMILES string of the molecule is CCOC(=O)c1nnn(CCC(C)O)c1C(C)C. The Kier molecular flexibility index (Phi) is 5.27. The third-order valence-corrected chi connectivity index (χ3v) is 2.55. The number of ether oxygens (including phenoxy) is 1. The molecule has 6 nitrogen and oxygen atoms in total. The Morgan fingerprint density at radius 3 is 2.61 bits per heavy atom. The number of aromatic nitrogens is 3. The molecule has 0 saturated carbocycles. The number of hydrogen-bond acceptors (Lipinski definition) is 5. The Bertz CT molecular complexity index is 399. The Hall–Kier alpha value is -1.43. The highest BCUT2D eigenvalue weighted by Crippen LogP contribution is 2.19. The van der Waals surface area contributed by atoms with Crippen molar-refractivity contribution in [3.05, 3.63) is 11.4 Å². The summed E-state index contributed by atoms with van der Waals surface area (Å²) in [5.74, 6) is -0.321. The zero-order valence-electron chi connectivity index (χ0n) is 11.4. The van der Waals surface area contributed by atoms with Gasteiger partial charge in [-0.1, -0.05) is 19.1 Å². The van der Waals surface area contributed by atoms with Crippen molar-refractivity contribution in [3.63, 3.8) is 0 Å². The van der Waals surface area contributed by atoms with E-state index < -0.39 is 12.1 Å². The number of carbonyl (C=O) groups is 1. The van der Waals surface area contributed by atoms with Gasteiger partial charge >= 0.3 is 5.97 Å². The van der Waals surface area contributed by atoms with Crippen molar-refractivity contribution in [2.45, 2.75) is 52.7 Å². The molecule has 0 amide bonds. The molecule has 1 heterocycles. The molecule has 102 valence electrons. The zero-order chi connectivity index (χ0) is 13.7. The standard InChI is InChI=1S/C12H21N3O3/c1-5-18-12(17)10-11(8(2)3)15(14-13-10)7-6-9(4)16/h8-9,16H,5-7H2,1-4H3. The molecule has 18 heavy (non-hydrogen) atoms. The van der Waals surface area contributed by atoms with Gasteiger partial charge in [0.15, 0.2) is 5.69 Å². The van der Waals surface area contributed by atoms with Crippen molar-refractivity contribution in [1.29, 1.82) is 0 Å². The number of hydrogen-bond donors (Lipinski definition) is 1. The van der Waals surface area contributed by atoms with Crippen LogP contribution in [0.1, 0.15) is 56.2 Å². The molecule has 1 aromatic heterocycles. The topological polar surface area (TPSA) is 77.2 Å². The summed E-state index contributed by atoms with van der Waals surface area (Å²) in [5, 5.41) is 17.1. The Labute approximate surface area is 107 Å². The van der Waals surface area contributed by atoms with Crippen molar-refractivity contribution in [1.82, 2.24) is 15.0 Å². The molecule has 1 atom stereocenters. The predicted octanol–water partition coefficient (Wildman–Crippen LogP) is 1.35. The molecule has 0 aromatic carbocycles. The first-order chi connectivity index (χ1) is 8.47. The Morgan fingerprint density at radius 2 is 2.11 bits per heavy atom. The van der Waals surface area contributed by atoms with Crippen LogP contribution < -0.4 is 0 Å². The quantitative estimate of drug-likeness (QED) is 0.776. The van der Waals surface area contributed by atoms with Crippen LogP contribution in [0.3, 0.4) is 0 Å². The van der Waals surface area contributed by atoms with Crippen molar-refractivity contribution in [2.75, 3.05) is 6.61 Å². The molecule has 0 bridgehead atoms. The van der Waals surface area contributed by atoms with Crippen molar-refractivity contribution in [2.24, 2.45) is 0 Å². The summed E-state index contributed by atoms with van der Waals surface area (Å²) < 4.78 is 6.62. The summed E-state index contributed by atoms with van der Waals surface area (Å²) in [5.41, 5.74) is 1.03. The maximum absolute atomic E-state index is 11.7. The summed E-state index contributed by atoms with van der Waals surface area (Å²) in [7, 11) is 0. The second-order valence-electron chi connectivity index (χ2n) is 4.56. The molecule has 0 fully saturated rings. The molecule has 0 aliphatic carbocycles. The lowest BCUT2D eigenvalue weighted by atomic mass is 10.1. The molecule has 0 radical (unpaired) electrons. The summed E-state index contributed by atoms with van der Waals surface area (Å²) in [6.45, 7) is 8.28. The van der Waals surface area contributed by atoms with Crippen LogP contribution in [0.5, 0.6) is 0 Å². The molecule has 0 aliphatic rings. The zero-order valence-corrected chi connectivity index (χ0v) is 11.4. The van der Waals surface area contributed by atoms with E-state index in [0.717, 1.165) is 5.69 Å². The van der Waals surface area contributed by atoms with E-state index in [-0.39, 0.29) is 11.6 Å². The first-order valence-electron chi connectivity index (χ1n) is 6.25. The summed E-state index contributed by atoms with van der Waals surface area (Å²) in [4.78, 5) is 11.7. The van der Waals surface area contributed by atoms with Gasteiger partial charge in [0.05, 0.1) is 18.4 Å². The highest BCUT2D eigenvalue weighted by atomic mass is 16.5. The monoisotopic (exact) mass is 255 g/mol. The lowest BCUT2D eigenvalue weighted by Gasteiger charge is -2.11. The first kappa shape index (κ1) is 14.6. The van der Waals surface area contributed by atoms with Gasteiger partial charge in [0.1, 0.15) is 0 Å². The molecule has 0 saturated heterocycles. The van der Waals surface area contributed by atoms with Crippen molar-refractivity contribution < 1.29 is 14.6 Å². The number of nitrogens with zero attached hydrogens (tertiary/aromatic N) is 3. The van der Waals surface area contributed by atoms with E-state index in [2.05, 4.69) is 10.3 Å². The van der Waals surface area contributed by atoms with Crippen LogP contribution >= 0.6 is 0 Å². The van der Waals surface area contributed by atoms with Crippen LogP contribution in [-0.2, 0) is 11.3 Å². The third-order valence-electron chi connectivity index (χ3n) is 2.55. The molecule has 0 spiro atoms. The minimum atomic E-state index is -0.440. The van der Waals surface area contributed by atoms with E-state index in [1.165, 1.54) is 0 Å². The fourth-order valence-corrected chi connectivity index (χ4v) is 1.71. The molecular formula is C12H21N3O3. The van der Waals surface area contributed by atoms with Crippen LogP contribution in [0.4, 0.5) is 0 Å². The first-order valence-corrected chi connectivity index (χ1v) is 6.25. The number of carbonyl (C=O) groups excluding carboxylic acids is 1. The lowest BCUT2D eigenvalue weighted by molar-refractivity contribution is 0.0517. The predicted molar refractivity (Wildman–Crippen MR) is 66.4 cm³/mol. The van der Waals surface area contributed by atoms with E-state index >= 15 is 0 Å². The number of esters is 1. The smallest absolute Gasteiger partial charge is 0.360 e. The third kappa shape index (κ3) is 3.53. The Morgan fingerprint density at radius 1 is 1.44 bits per heavy atom. The van der Waals surface area contributed by atoms with Gasteiger partial charge in [-0.15, -0.1) is 5.10 Å².